The maximum Gasteiger partial charge on any atom is 0.326 e. The van der Waals surface area contributed by atoms with Gasteiger partial charge in [-0.05, 0) is 68.8 Å². The van der Waals surface area contributed by atoms with Gasteiger partial charge in [-0.2, -0.15) is 0 Å². The van der Waals surface area contributed by atoms with Crippen molar-refractivity contribution >= 4 is 29.3 Å². The number of fused-ring (bicyclic) bond motifs is 1. The molecule has 2 aromatic rings. The summed E-state index contributed by atoms with van der Waals surface area (Å²) in [4.78, 5) is 30.6. The Kier molecular flexibility index (Phi) is 10.2. The maximum absolute atomic E-state index is 13.6. The number of amides is 1. The van der Waals surface area contributed by atoms with E-state index in [1.54, 1.807) is 0 Å². The van der Waals surface area contributed by atoms with Crippen molar-refractivity contribution in [2.45, 2.75) is 44.6 Å². The minimum atomic E-state index is -1.22. The number of aromatic nitrogens is 1. The van der Waals surface area contributed by atoms with Gasteiger partial charge in [0.25, 0.3) is 5.91 Å². The Labute approximate surface area is 208 Å². The number of rotatable bonds is 13. The smallest absolute Gasteiger partial charge is 0.326 e. The van der Waals surface area contributed by atoms with E-state index in [4.69, 9.17) is 11.6 Å². The third kappa shape index (κ3) is 7.86. The lowest BCUT2D eigenvalue weighted by Gasteiger charge is -2.23. The molecule has 0 bridgehead atoms. The van der Waals surface area contributed by atoms with Crippen LogP contribution in [0.5, 0.6) is 0 Å². The normalized spacial score (nSPS) is 13.7. The van der Waals surface area contributed by atoms with E-state index in [1.165, 1.54) is 17.7 Å². The van der Waals surface area contributed by atoms with Crippen LogP contribution in [0, 0.1) is 5.82 Å². The minimum Gasteiger partial charge on any atom is -0.480 e. The van der Waals surface area contributed by atoms with Crippen LogP contribution in [0.25, 0.3) is 0 Å². The summed E-state index contributed by atoms with van der Waals surface area (Å²) in [5, 5.41) is 14.9. The summed E-state index contributed by atoms with van der Waals surface area (Å²) >= 11 is 5.83. The van der Waals surface area contributed by atoms with Crippen LogP contribution in [-0.4, -0.2) is 65.8 Å². The van der Waals surface area contributed by atoms with Crippen molar-refractivity contribution in [2.24, 2.45) is 0 Å². The van der Waals surface area contributed by atoms with Gasteiger partial charge in [0.1, 0.15) is 24.4 Å². The number of carbonyl (C=O) groups excluding carboxylic acids is 1. The second-order valence-corrected chi connectivity index (χ2v) is 8.96. The first-order valence-electron chi connectivity index (χ1n) is 11.9. The Balaban J connectivity index is 1.47. The number of halogens is 3. The van der Waals surface area contributed by atoms with Crippen molar-refractivity contribution in [3.63, 3.8) is 0 Å². The highest BCUT2D eigenvalue weighted by molar-refractivity contribution is 6.34. The Morgan fingerprint density at radius 3 is 2.80 bits per heavy atom. The molecule has 10 heteroatoms. The number of carboxylic acids is 1. The number of unbranched alkanes of at least 4 members (excludes halogenated alkanes) is 1. The first-order chi connectivity index (χ1) is 16.9. The Bertz CT molecular complexity index is 1020. The highest BCUT2D eigenvalue weighted by Gasteiger charge is 2.23. The monoisotopic (exact) mass is 508 g/mol. The summed E-state index contributed by atoms with van der Waals surface area (Å²) in [6, 6.07) is 6.72. The lowest BCUT2D eigenvalue weighted by molar-refractivity contribution is -0.139. The fourth-order valence-electron chi connectivity index (χ4n) is 4.09. The standard InChI is InChI=1S/C25H31ClF2N4O3/c26-22-19(7-3-8-20(22)28)24(33)31-21(25(34)35)11-15-32(16-12-27)14-2-1-6-18-10-9-17-5-4-13-29-23(17)30-18/h3,7-10,21H,1-2,4-6,11-16H2,(H,29,30)(H,31,33)(H,34,35). The number of nitrogens with zero attached hydrogens (tertiary/aromatic N) is 2. The first-order valence-corrected chi connectivity index (χ1v) is 12.3. The van der Waals surface area contributed by atoms with Crippen LogP contribution in [0.4, 0.5) is 14.6 Å². The third-order valence-electron chi connectivity index (χ3n) is 6.04. The number of alkyl halides is 1. The molecule has 1 aliphatic heterocycles. The van der Waals surface area contributed by atoms with Crippen LogP contribution in [0.15, 0.2) is 30.3 Å². The molecule has 1 atom stereocenters. The number of anilines is 1. The second kappa shape index (κ2) is 13.3. The summed E-state index contributed by atoms with van der Waals surface area (Å²) in [5.74, 6) is -1.79. The largest absolute Gasteiger partial charge is 0.480 e. The number of carbonyl (C=O) groups is 2. The summed E-state index contributed by atoms with van der Waals surface area (Å²) < 4.78 is 26.7. The molecular formula is C25H31ClF2N4O3. The number of hydrogen-bond acceptors (Lipinski definition) is 5. The number of hydrogen-bond donors (Lipinski definition) is 3. The van der Waals surface area contributed by atoms with Gasteiger partial charge < -0.3 is 20.6 Å². The molecular weight excluding hydrogens is 478 g/mol. The van der Waals surface area contributed by atoms with Crippen molar-refractivity contribution < 1.29 is 23.5 Å². The molecule has 7 nitrogen and oxygen atoms in total. The van der Waals surface area contributed by atoms with Gasteiger partial charge in [-0.25, -0.2) is 18.6 Å². The molecule has 35 heavy (non-hydrogen) atoms. The van der Waals surface area contributed by atoms with E-state index in [0.29, 0.717) is 13.1 Å². The molecule has 0 fully saturated rings. The number of aryl methyl sites for hydroxylation is 2. The second-order valence-electron chi connectivity index (χ2n) is 8.58. The molecule has 2 heterocycles. The Hall–Kier alpha value is -2.78. The Morgan fingerprint density at radius 1 is 1.20 bits per heavy atom. The lowest BCUT2D eigenvalue weighted by Crippen LogP contribution is -2.43. The van der Waals surface area contributed by atoms with E-state index in [9.17, 15) is 23.5 Å². The molecule has 0 saturated carbocycles. The molecule has 1 unspecified atom stereocenters. The molecule has 1 amide bonds. The molecule has 190 valence electrons. The van der Waals surface area contributed by atoms with Crippen LogP contribution in [-0.2, 0) is 17.6 Å². The highest BCUT2D eigenvalue weighted by atomic mass is 35.5. The van der Waals surface area contributed by atoms with Crippen molar-refractivity contribution in [1.82, 2.24) is 15.2 Å². The topological polar surface area (TPSA) is 94.6 Å². The van der Waals surface area contributed by atoms with Crippen LogP contribution >= 0.6 is 11.6 Å². The molecule has 3 N–H and O–H groups in total. The van der Waals surface area contributed by atoms with Crippen LogP contribution < -0.4 is 10.6 Å². The molecule has 3 rings (SSSR count). The number of benzene rings is 1. The highest BCUT2D eigenvalue weighted by Crippen LogP contribution is 2.21. The van der Waals surface area contributed by atoms with Gasteiger partial charge in [0.05, 0.1) is 10.6 Å². The number of pyridine rings is 1. The zero-order chi connectivity index (χ0) is 25.2. The number of aliphatic carboxylic acids is 1. The third-order valence-corrected chi connectivity index (χ3v) is 6.43. The summed E-state index contributed by atoms with van der Waals surface area (Å²) in [6.07, 6.45) is 4.71. The van der Waals surface area contributed by atoms with E-state index in [0.717, 1.165) is 56.2 Å². The molecule has 0 aliphatic carbocycles. The Morgan fingerprint density at radius 2 is 2.03 bits per heavy atom. The zero-order valence-corrected chi connectivity index (χ0v) is 20.3. The quantitative estimate of drug-likeness (QED) is 0.353. The van der Waals surface area contributed by atoms with E-state index in [2.05, 4.69) is 27.8 Å². The van der Waals surface area contributed by atoms with Gasteiger partial charge in [0, 0.05) is 25.3 Å². The predicted octanol–water partition coefficient (Wildman–Crippen LogP) is 4.10. The van der Waals surface area contributed by atoms with Crippen LogP contribution in [0.1, 0.15) is 47.3 Å². The van der Waals surface area contributed by atoms with Gasteiger partial charge in [-0.3, -0.25) is 4.79 Å². The van der Waals surface area contributed by atoms with Gasteiger partial charge >= 0.3 is 5.97 Å². The molecule has 0 saturated heterocycles. The lowest BCUT2D eigenvalue weighted by atomic mass is 10.1. The van der Waals surface area contributed by atoms with Gasteiger partial charge in [0.2, 0.25) is 0 Å². The predicted molar refractivity (Wildman–Crippen MR) is 131 cm³/mol. The maximum atomic E-state index is 13.6. The van der Waals surface area contributed by atoms with E-state index in [-0.39, 0.29) is 23.6 Å². The number of carboxylic acid groups (broad SMARTS) is 1. The first kappa shape index (κ1) is 26.8. The average Bonchev–Trinajstić information content (AvgIpc) is 2.85. The van der Waals surface area contributed by atoms with Gasteiger partial charge in [-0.1, -0.05) is 23.7 Å². The number of nitrogens with one attached hydrogen (secondary N) is 2. The molecule has 0 radical (unpaired) electrons. The van der Waals surface area contributed by atoms with Crippen molar-refractivity contribution in [3.05, 3.63) is 58.0 Å². The molecule has 0 spiro atoms. The summed E-state index contributed by atoms with van der Waals surface area (Å²) in [6.45, 7) is 1.45. The van der Waals surface area contributed by atoms with E-state index < -0.39 is 30.4 Å². The van der Waals surface area contributed by atoms with Gasteiger partial charge in [0.15, 0.2) is 0 Å². The fourth-order valence-corrected chi connectivity index (χ4v) is 4.30. The molecule has 1 aromatic heterocycles. The van der Waals surface area contributed by atoms with E-state index in [1.807, 2.05) is 4.90 Å². The summed E-state index contributed by atoms with van der Waals surface area (Å²) in [5.41, 5.74) is 2.12. The van der Waals surface area contributed by atoms with Crippen LogP contribution in [0.2, 0.25) is 5.02 Å². The SMILES string of the molecule is O=C(NC(CCN(CCF)CCCCc1ccc2c(n1)NCCC2)C(=O)O)c1cccc(F)c1Cl. The summed E-state index contributed by atoms with van der Waals surface area (Å²) in [7, 11) is 0. The van der Waals surface area contributed by atoms with Crippen molar-refractivity contribution in [3.8, 4) is 0 Å². The van der Waals surface area contributed by atoms with Crippen molar-refractivity contribution in [2.75, 3.05) is 38.2 Å². The molecule has 1 aliphatic rings. The van der Waals surface area contributed by atoms with Crippen LogP contribution in [0.3, 0.4) is 0 Å². The average molecular weight is 509 g/mol. The zero-order valence-electron chi connectivity index (χ0n) is 19.5. The minimum absolute atomic E-state index is 0.0755. The van der Waals surface area contributed by atoms with Gasteiger partial charge in [-0.15, -0.1) is 0 Å². The molecule has 1 aromatic carbocycles. The van der Waals surface area contributed by atoms with E-state index >= 15 is 0 Å². The van der Waals surface area contributed by atoms with Crippen molar-refractivity contribution in [1.29, 1.82) is 0 Å². The fraction of sp³-hybridized carbons (Fsp3) is 0.480.